The summed E-state index contributed by atoms with van der Waals surface area (Å²) in [5.41, 5.74) is 2.06. The van der Waals surface area contributed by atoms with Crippen LogP contribution in [0.1, 0.15) is 23.8 Å². The zero-order valence-corrected chi connectivity index (χ0v) is 31.7. The number of ketones is 1. The van der Waals surface area contributed by atoms with Gasteiger partial charge in [0.2, 0.25) is 11.8 Å². The number of pyridine rings is 1. The zero-order chi connectivity index (χ0) is 38.3. The lowest BCUT2D eigenvalue weighted by atomic mass is 10.0. The van der Waals surface area contributed by atoms with Crippen molar-refractivity contribution < 1.29 is 47.2 Å². The molecule has 0 unspecified atom stereocenters. The number of likely N-dealkylation sites (tertiary alicyclic amines) is 1. The third kappa shape index (κ3) is 11.8. The molecule has 5 rings (SSSR count). The second-order valence-corrected chi connectivity index (χ2v) is 12.9. The summed E-state index contributed by atoms with van der Waals surface area (Å²) in [6.07, 6.45) is 1.68. The number of carbonyl (C=O) groups excluding carboxylic acids is 3. The number of methoxy groups -OCH3 is 1. The van der Waals surface area contributed by atoms with Gasteiger partial charge in [-0.15, -0.1) is 0 Å². The largest absolute Gasteiger partial charge is 0.461 e. The number of fused-ring (bicyclic) bond motifs is 1. The molecule has 0 saturated carbocycles. The van der Waals surface area contributed by atoms with Crippen molar-refractivity contribution >= 4 is 50.2 Å². The maximum Gasteiger partial charge on any atom is 0.316 e. The molecule has 1 fully saturated rings. The molecule has 4 heterocycles. The van der Waals surface area contributed by atoms with Crippen LogP contribution in [-0.4, -0.2) is 139 Å². The van der Waals surface area contributed by atoms with Gasteiger partial charge < -0.3 is 38.6 Å². The van der Waals surface area contributed by atoms with Gasteiger partial charge in [-0.2, -0.15) is 5.10 Å². The van der Waals surface area contributed by atoms with E-state index in [1.54, 1.807) is 55.9 Å². The van der Waals surface area contributed by atoms with Gasteiger partial charge in [-0.05, 0) is 45.8 Å². The van der Waals surface area contributed by atoms with Gasteiger partial charge in [-0.1, -0.05) is 12.1 Å². The smallest absolute Gasteiger partial charge is 0.316 e. The predicted molar refractivity (Wildman–Crippen MR) is 197 cm³/mol. The van der Waals surface area contributed by atoms with Crippen molar-refractivity contribution in [2.75, 3.05) is 85.0 Å². The molecule has 1 aliphatic heterocycles. The number of hydrogen-bond acceptors (Lipinski definition) is 13. The lowest BCUT2D eigenvalue weighted by Crippen LogP contribution is -2.44. The highest BCUT2D eigenvalue weighted by Crippen LogP contribution is 2.28. The van der Waals surface area contributed by atoms with Gasteiger partial charge in [-0.25, -0.2) is 19.3 Å². The van der Waals surface area contributed by atoms with Crippen LogP contribution in [0.4, 0.5) is 10.2 Å². The quantitative estimate of drug-likeness (QED) is 0.0693. The summed E-state index contributed by atoms with van der Waals surface area (Å²) >= 11 is 3.25. The molecular weight excluding hydrogens is 773 g/mol. The first-order valence-corrected chi connectivity index (χ1v) is 18.2. The molecule has 54 heavy (non-hydrogen) atoms. The molecular formula is C36H43BrFN7O9. The van der Waals surface area contributed by atoms with Crippen LogP contribution in [0.3, 0.4) is 0 Å². The average Bonchev–Trinajstić information content (AvgIpc) is 3.74. The molecule has 1 N–H and O–H groups in total. The summed E-state index contributed by atoms with van der Waals surface area (Å²) in [5.74, 6) is -1.09. The number of alkyl halides is 1. The standard InChI is InChI=1S/C36H43BrFN7O9/c1-24(46)34-28-18-25(26-20-39-36(40-21-26)54-17-16-53-15-14-52-13-12-51-11-10-50-9-8-49-2)6-7-29(28)45(43-34)23-33(47)44-22-27(38)19-30(44)35(48)42-32-5-3-4-31(37)41-32/h3-7,18,20-21,27,30H,8-17,19,22-23H2,1-2H3,(H,41,42,48)/t27-,30+/m1/s1. The van der Waals surface area contributed by atoms with Gasteiger partial charge in [0.25, 0.3) is 0 Å². The number of aromatic nitrogens is 5. The number of ether oxygens (including phenoxy) is 6. The molecule has 3 aromatic heterocycles. The van der Waals surface area contributed by atoms with Gasteiger partial charge in [0.05, 0.1) is 71.5 Å². The Morgan fingerprint density at radius 2 is 1.54 bits per heavy atom. The van der Waals surface area contributed by atoms with Crippen LogP contribution in [0.25, 0.3) is 22.0 Å². The van der Waals surface area contributed by atoms with Crippen LogP contribution in [0, 0.1) is 0 Å². The molecule has 1 aromatic carbocycles. The fourth-order valence-electron chi connectivity index (χ4n) is 5.59. The highest BCUT2D eigenvalue weighted by Gasteiger charge is 2.40. The van der Waals surface area contributed by atoms with Crippen LogP contribution in [0.5, 0.6) is 6.01 Å². The van der Waals surface area contributed by atoms with Crippen molar-refractivity contribution in [1.82, 2.24) is 29.6 Å². The van der Waals surface area contributed by atoms with Crippen LogP contribution in [0.15, 0.2) is 53.4 Å². The second kappa shape index (κ2) is 20.8. The van der Waals surface area contributed by atoms with E-state index in [-0.39, 0.29) is 49.4 Å². The summed E-state index contributed by atoms with van der Waals surface area (Å²) in [6.45, 7) is 5.28. The first-order valence-electron chi connectivity index (χ1n) is 17.4. The Morgan fingerprint density at radius 3 is 2.17 bits per heavy atom. The Labute approximate surface area is 319 Å². The van der Waals surface area contributed by atoms with E-state index < -0.39 is 24.0 Å². The normalized spacial score (nSPS) is 15.5. The van der Waals surface area contributed by atoms with E-state index in [9.17, 15) is 18.8 Å². The maximum atomic E-state index is 14.6. The van der Waals surface area contributed by atoms with Crippen molar-refractivity contribution in [3.8, 4) is 17.1 Å². The van der Waals surface area contributed by atoms with Gasteiger partial charge in [0, 0.05) is 43.8 Å². The Kier molecular flexibility index (Phi) is 15.7. The molecule has 1 aliphatic rings. The number of halogens is 2. The summed E-state index contributed by atoms with van der Waals surface area (Å²) in [7, 11) is 1.63. The Morgan fingerprint density at radius 1 is 0.889 bits per heavy atom. The van der Waals surface area contributed by atoms with Crippen LogP contribution >= 0.6 is 15.9 Å². The third-order valence-corrected chi connectivity index (χ3v) is 8.62. The fourth-order valence-corrected chi connectivity index (χ4v) is 5.93. The van der Waals surface area contributed by atoms with Crippen molar-refractivity contribution in [2.45, 2.75) is 32.1 Å². The topological polar surface area (TPSA) is 178 Å². The molecule has 0 bridgehead atoms. The number of hydrogen-bond donors (Lipinski definition) is 1. The fraction of sp³-hybridized carbons (Fsp3) is 0.472. The zero-order valence-electron chi connectivity index (χ0n) is 30.1. The Bertz CT molecular complexity index is 1850. The summed E-state index contributed by atoms with van der Waals surface area (Å²) < 4.78 is 48.7. The summed E-state index contributed by atoms with van der Waals surface area (Å²) in [6, 6.07) is 9.44. The highest BCUT2D eigenvalue weighted by molar-refractivity contribution is 9.10. The number of benzene rings is 1. The molecule has 16 nitrogen and oxygen atoms in total. The minimum absolute atomic E-state index is 0.145. The van der Waals surface area contributed by atoms with Crippen molar-refractivity contribution in [1.29, 1.82) is 0 Å². The molecule has 4 aromatic rings. The minimum Gasteiger partial charge on any atom is -0.461 e. The van der Waals surface area contributed by atoms with Crippen molar-refractivity contribution in [3.63, 3.8) is 0 Å². The molecule has 2 amide bonds. The third-order valence-electron chi connectivity index (χ3n) is 8.18. The van der Waals surface area contributed by atoms with Crippen LogP contribution in [-0.2, 0) is 39.8 Å². The molecule has 0 radical (unpaired) electrons. The number of anilines is 1. The Hall–Kier alpha value is -4.46. The predicted octanol–water partition coefficient (Wildman–Crippen LogP) is 3.52. The van der Waals surface area contributed by atoms with Crippen molar-refractivity contribution in [3.05, 3.63) is 59.1 Å². The van der Waals surface area contributed by atoms with E-state index in [1.165, 1.54) is 16.5 Å². The summed E-state index contributed by atoms with van der Waals surface area (Å²) in [5, 5.41) is 7.61. The number of carbonyl (C=O) groups is 3. The van der Waals surface area contributed by atoms with Gasteiger partial charge in [0.1, 0.15) is 41.5 Å². The first kappa shape index (κ1) is 40.7. The first-order chi connectivity index (χ1) is 26.2. The monoisotopic (exact) mass is 815 g/mol. The van der Waals surface area contributed by atoms with Gasteiger partial charge >= 0.3 is 6.01 Å². The molecule has 2 atom stereocenters. The van der Waals surface area contributed by atoms with E-state index in [0.29, 0.717) is 86.1 Å². The van der Waals surface area contributed by atoms with E-state index in [0.717, 1.165) is 0 Å². The minimum atomic E-state index is -1.37. The number of nitrogens with zero attached hydrogens (tertiary/aromatic N) is 6. The number of Topliss-reactive ketones (excluding diaryl/α,β-unsaturated/α-hetero) is 1. The van der Waals surface area contributed by atoms with Gasteiger partial charge in [0.15, 0.2) is 5.78 Å². The lowest BCUT2D eigenvalue weighted by molar-refractivity contribution is -0.137. The van der Waals surface area contributed by atoms with E-state index in [1.807, 2.05) is 0 Å². The molecule has 290 valence electrons. The number of rotatable bonds is 22. The van der Waals surface area contributed by atoms with E-state index in [2.05, 4.69) is 41.3 Å². The highest BCUT2D eigenvalue weighted by atomic mass is 79.9. The molecule has 1 saturated heterocycles. The lowest BCUT2D eigenvalue weighted by Gasteiger charge is -2.23. The molecule has 0 aliphatic carbocycles. The van der Waals surface area contributed by atoms with Crippen LogP contribution < -0.4 is 10.1 Å². The van der Waals surface area contributed by atoms with E-state index in [4.69, 9.17) is 28.4 Å². The average molecular weight is 817 g/mol. The van der Waals surface area contributed by atoms with Crippen LogP contribution in [0.2, 0.25) is 0 Å². The molecule has 0 spiro atoms. The second-order valence-electron chi connectivity index (χ2n) is 12.1. The summed E-state index contributed by atoms with van der Waals surface area (Å²) in [4.78, 5) is 53.2. The van der Waals surface area contributed by atoms with Gasteiger partial charge in [-0.3, -0.25) is 19.1 Å². The van der Waals surface area contributed by atoms with E-state index >= 15 is 0 Å². The number of amides is 2. The number of nitrogens with one attached hydrogen (secondary N) is 1. The maximum absolute atomic E-state index is 14.6. The molecule has 18 heteroatoms. The SMILES string of the molecule is COCCOCCOCCOCCOCCOc1ncc(-c2ccc3c(c2)c(C(C)=O)nn3CC(=O)N2C[C@H](F)C[C@H]2C(=O)Nc2cccc(Br)n2)cn1. The van der Waals surface area contributed by atoms with Crippen molar-refractivity contribution in [2.24, 2.45) is 0 Å². The Balaban J connectivity index is 1.10.